The van der Waals surface area contributed by atoms with Gasteiger partial charge in [-0.15, -0.1) is 6.58 Å². The van der Waals surface area contributed by atoms with Crippen LogP contribution in [0.2, 0.25) is 0 Å². The highest BCUT2D eigenvalue weighted by Gasteiger charge is 2.50. The Hall–Kier alpha value is -6.16. The molecule has 0 spiro atoms. The normalized spacial score (nSPS) is 18.9. The van der Waals surface area contributed by atoms with Crippen LogP contribution in [-0.4, -0.2) is 98.1 Å². The quantitative estimate of drug-likeness (QED) is 0.0878. The third kappa shape index (κ3) is 14.2. The molecular formula is C52H65BrN4O11. The predicted octanol–water partition coefficient (Wildman–Crippen LogP) is 11.0. The van der Waals surface area contributed by atoms with Gasteiger partial charge in [0.15, 0.2) is 11.3 Å². The zero-order valence-corrected chi connectivity index (χ0v) is 42.9. The Bertz CT molecular complexity index is 2550. The Morgan fingerprint density at radius 1 is 0.691 bits per heavy atom. The van der Waals surface area contributed by atoms with Crippen LogP contribution >= 0.6 is 15.9 Å². The van der Waals surface area contributed by atoms with Gasteiger partial charge in [-0.25, -0.2) is 24.4 Å². The van der Waals surface area contributed by atoms with Crippen LogP contribution in [0.1, 0.15) is 131 Å². The van der Waals surface area contributed by atoms with Gasteiger partial charge >= 0.3 is 30.1 Å². The molecular weight excluding hydrogens is 936 g/mol. The minimum Gasteiger partial charge on any atom is -0.467 e. The maximum atomic E-state index is 12.8. The lowest BCUT2D eigenvalue weighted by atomic mass is 9.90. The molecule has 0 aliphatic carbocycles. The van der Waals surface area contributed by atoms with Crippen molar-refractivity contribution in [3.63, 3.8) is 0 Å². The molecule has 16 heteroatoms. The number of aromatic nitrogens is 2. The molecule has 2 aromatic carbocycles. The van der Waals surface area contributed by atoms with Crippen molar-refractivity contribution in [2.75, 3.05) is 20.2 Å². The SMILES string of the molecule is C=C[C@]1(C(=O)OC)CCCN1C(=O)OC(C)(C)C.CC(=O)O[C@H](C)c1ccc2ccc(/C=C/[C@]3(C(C)=O)CCCN3C(=O)OC(C)(C)C)cc2n1.CC(=O)O[C@H](C)c1ccc2ccc(Br)cc2n1. The molecule has 2 saturated heterocycles. The van der Waals surface area contributed by atoms with Gasteiger partial charge in [0.05, 0.1) is 29.5 Å². The molecule has 2 fully saturated rings. The largest absolute Gasteiger partial charge is 0.467 e. The van der Waals surface area contributed by atoms with Crippen LogP contribution in [0.25, 0.3) is 27.9 Å². The highest BCUT2D eigenvalue weighted by Crippen LogP contribution is 2.35. The van der Waals surface area contributed by atoms with Crippen LogP contribution in [-0.2, 0) is 42.9 Å². The molecule has 0 radical (unpaired) electrons. The summed E-state index contributed by atoms with van der Waals surface area (Å²) in [6.07, 6.45) is 5.87. The number of amides is 2. The maximum absolute atomic E-state index is 12.8. The topological polar surface area (TPSA) is 181 Å². The number of nitrogens with zero attached hydrogens (tertiary/aromatic N) is 4. The third-order valence-electron chi connectivity index (χ3n) is 11.0. The van der Waals surface area contributed by atoms with Gasteiger partial charge in [0.1, 0.15) is 28.9 Å². The van der Waals surface area contributed by atoms with Gasteiger partial charge < -0.3 is 23.7 Å². The number of pyridine rings is 2. The first-order valence-corrected chi connectivity index (χ1v) is 23.3. The van der Waals surface area contributed by atoms with Crippen molar-refractivity contribution in [1.82, 2.24) is 19.8 Å². The Morgan fingerprint density at radius 2 is 1.13 bits per heavy atom. The van der Waals surface area contributed by atoms with Crippen molar-refractivity contribution in [2.24, 2.45) is 0 Å². The summed E-state index contributed by atoms with van der Waals surface area (Å²) in [6.45, 7) is 23.3. The van der Waals surface area contributed by atoms with Gasteiger partial charge in [-0.05, 0) is 124 Å². The number of halogens is 1. The van der Waals surface area contributed by atoms with Crippen molar-refractivity contribution in [1.29, 1.82) is 0 Å². The minimum absolute atomic E-state index is 0.0986. The number of likely N-dealkylation sites (tertiary alicyclic amines) is 2. The molecule has 0 unspecified atom stereocenters. The van der Waals surface area contributed by atoms with Crippen LogP contribution in [0, 0.1) is 0 Å². The van der Waals surface area contributed by atoms with E-state index in [4.69, 9.17) is 23.7 Å². The van der Waals surface area contributed by atoms with E-state index in [0.29, 0.717) is 31.6 Å². The summed E-state index contributed by atoms with van der Waals surface area (Å²) in [5.41, 5.74) is 0.546. The summed E-state index contributed by atoms with van der Waals surface area (Å²) in [4.78, 5) is 83.8. The number of benzene rings is 2. The monoisotopic (exact) mass is 1000 g/mol. The molecule has 4 atom stereocenters. The van der Waals surface area contributed by atoms with Crippen LogP contribution in [0.5, 0.6) is 0 Å². The lowest BCUT2D eigenvalue weighted by Gasteiger charge is -2.35. The van der Waals surface area contributed by atoms with Gasteiger partial charge in [-0.3, -0.25) is 24.2 Å². The van der Waals surface area contributed by atoms with Gasteiger partial charge in [-0.1, -0.05) is 64.5 Å². The second-order valence-corrected chi connectivity index (χ2v) is 19.6. The number of Topliss-reactive ketones (excluding diaryl/α,β-unsaturated/α-hetero) is 1. The number of ketones is 1. The molecule has 4 aromatic rings. The fourth-order valence-electron chi connectivity index (χ4n) is 7.83. The number of carbonyl (C=O) groups excluding carboxylic acids is 6. The molecule has 0 bridgehead atoms. The van der Waals surface area contributed by atoms with Crippen LogP contribution < -0.4 is 0 Å². The average molecular weight is 1000 g/mol. The molecule has 6 rings (SSSR count). The van der Waals surface area contributed by atoms with E-state index in [1.807, 2.05) is 94.4 Å². The van der Waals surface area contributed by atoms with E-state index in [1.54, 1.807) is 33.8 Å². The maximum Gasteiger partial charge on any atom is 0.411 e. The lowest BCUT2D eigenvalue weighted by molar-refractivity contribution is -0.150. The molecule has 0 saturated carbocycles. The Kier molecular flexibility index (Phi) is 18.2. The Labute approximate surface area is 407 Å². The molecule has 68 heavy (non-hydrogen) atoms. The van der Waals surface area contributed by atoms with Crippen LogP contribution in [0.3, 0.4) is 0 Å². The summed E-state index contributed by atoms with van der Waals surface area (Å²) in [5, 5.41) is 2.01. The number of hydrogen-bond acceptors (Lipinski definition) is 13. The zero-order chi connectivity index (χ0) is 50.8. The van der Waals surface area contributed by atoms with Gasteiger partial charge in [0.25, 0.3) is 0 Å². The summed E-state index contributed by atoms with van der Waals surface area (Å²) >= 11 is 3.41. The van der Waals surface area contributed by atoms with Gasteiger partial charge in [0, 0.05) is 42.2 Å². The van der Waals surface area contributed by atoms with Gasteiger partial charge in [-0.2, -0.15) is 0 Å². The number of ether oxygens (including phenoxy) is 5. The van der Waals surface area contributed by atoms with E-state index in [-0.39, 0.29) is 23.8 Å². The number of carbonyl (C=O) groups is 6. The van der Waals surface area contributed by atoms with Crippen molar-refractivity contribution in [3.05, 3.63) is 101 Å². The number of methoxy groups -OCH3 is 1. The summed E-state index contributed by atoms with van der Waals surface area (Å²) in [7, 11) is 1.30. The first-order valence-electron chi connectivity index (χ1n) is 22.5. The summed E-state index contributed by atoms with van der Waals surface area (Å²) in [5.74, 6) is -1.23. The number of rotatable bonds is 9. The summed E-state index contributed by atoms with van der Waals surface area (Å²) < 4.78 is 27.0. The number of esters is 3. The van der Waals surface area contributed by atoms with E-state index in [2.05, 4.69) is 32.5 Å². The first-order chi connectivity index (χ1) is 31.7. The highest BCUT2D eigenvalue weighted by atomic mass is 79.9. The average Bonchev–Trinajstić information content (AvgIpc) is 3.90. The van der Waals surface area contributed by atoms with Crippen LogP contribution in [0.15, 0.2) is 83.9 Å². The van der Waals surface area contributed by atoms with Crippen molar-refractivity contribution >= 4 is 79.7 Å². The van der Waals surface area contributed by atoms with Crippen LogP contribution in [0.4, 0.5) is 9.59 Å². The van der Waals surface area contributed by atoms with Gasteiger partial charge in [0.2, 0.25) is 0 Å². The molecule has 4 heterocycles. The first kappa shape index (κ1) is 54.4. The molecule has 2 aliphatic rings. The smallest absolute Gasteiger partial charge is 0.411 e. The zero-order valence-electron chi connectivity index (χ0n) is 41.3. The Morgan fingerprint density at radius 3 is 1.57 bits per heavy atom. The standard InChI is InChI=1S/C26H32N2O5.C13H12BrNO2.C13H21NO4/c1-17(32-19(3)30)22-11-10-21-9-8-20(16-23(21)27-22)12-14-26(18(2)29)13-7-15-28(26)24(31)33-25(4,5)6;1-8(17-9(2)16)12-6-4-10-3-5-11(14)7-13(10)15-12;1-6-13(10(15)17-5)8-7-9-14(13)11(16)18-12(2,3)4/h8-12,14,16-17H,7,13,15H2,1-6H3;3-8H,1-2H3;6H,1,7-9H2,2-5H3/b14-12+;;/t17-,26+;8-;13-/m111/s1. The Balaban J connectivity index is 0.000000243. The highest BCUT2D eigenvalue weighted by molar-refractivity contribution is 9.10. The molecule has 2 aliphatic heterocycles. The minimum atomic E-state index is -1.09. The van der Waals surface area contributed by atoms with E-state index in [9.17, 15) is 28.8 Å². The number of hydrogen-bond donors (Lipinski definition) is 0. The van der Waals surface area contributed by atoms with E-state index < -0.39 is 46.5 Å². The molecule has 2 aromatic heterocycles. The van der Waals surface area contributed by atoms with Crippen molar-refractivity contribution in [2.45, 2.75) is 136 Å². The molecule has 366 valence electrons. The third-order valence-corrected chi connectivity index (χ3v) is 11.5. The fraction of sp³-hybridized carbons (Fsp3) is 0.462. The van der Waals surface area contributed by atoms with E-state index >= 15 is 0 Å². The summed E-state index contributed by atoms with van der Waals surface area (Å²) in [6, 6.07) is 19.3. The molecule has 0 N–H and O–H groups in total. The molecule has 2 amide bonds. The van der Waals surface area contributed by atoms with E-state index in [1.165, 1.54) is 43.8 Å². The number of fused-ring (bicyclic) bond motifs is 2. The van der Waals surface area contributed by atoms with Crippen molar-refractivity contribution < 1.29 is 52.5 Å². The second kappa shape index (κ2) is 22.8. The van der Waals surface area contributed by atoms with Crippen molar-refractivity contribution in [3.8, 4) is 0 Å². The molecule has 15 nitrogen and oxygen atoms in total. The van der Waals surface area contributed by atoms with E-state index in [0.717, 1.165) is 50.4 Å². The predicted molar refractivity (Wildman–Crippen MR) is 263 cm³/mol. The fourth-order valence-corrected chi connectivity index (χ4v) is 8.18. The lowest BCUT2D eigenvalue weighted by Crippen LogP contribution is -2.53. The second-order valence-electron chi connectivity index (χ2n) is 18.7.